The van der Waals surface area contributed by atoms with Gasteiger partial charge in [0.2, 0.25) is 0 Å². The standard InChI is InChI=1S/C15H12FN3OS/c16-12-6-4-11(5-7-12)13(20)8-10-21-15-18-17-14-3-1-2-9-19(14)15/h1-7,9H,8,10H2. The first kappa shape index (κ1) is 13.8. The van der Waals surface area contributed by atoms with Gasteiger partial charge in [0, 0.05) is 23.9 Å². The zero-order valence-electron chi connectivity index (χ0n) is 11.1. The summed E-state index contributed by atoms with van der Waals surface area (Å²) in [6, 6.07) is 11.3. The molecule has 0 atom stereocenters. The Hall–Kier alpha value is -2.21. The van der Waals surface area contributed by atoms with Crippen LogP contribution in [-0.2, 0) is 0 Å². The minimum atomic E-state index is -0.337. The number of ketones is 1. The van der Waals surface area contributed by atoms with Crippen molar-refractivity contribution in [3.05, 3.63) is 60.0 Å². The number of benzene rings is 1. The van der Waals surface area contributed by atoms with Crippen molar-refractivity contribution in [3.63, 3.8) is 0 Å². The molecule has 6 heteroatoms. The number of fused-ring (bicyclic) bond motifs is 1. The summed E-state index contributed by atoms with van der Waals surface area (Å²) in [5.74, 6) is 0.262. The highest BCUT2D eigenvalue weighted by atomic mass is 32.2. The molecule has 0 aliphatic carbocycles. The SMILES string of the molecule is O=C(CCSc1nnc2ccccn12)c1ccc(F)cc1. The van der Waals surface area contributed by atoms with Gasteiger partial charge in [0.05, 0.1) is 0 Å². The van der Waals surface area contributed by atoms with Gasteiger partial charge in [-0.05, 0) is 36.4 Å². The van der Waals surface area contributed by atoms with E-state index in [0.717, 1.165) is 10.8 Å². The lowest BCUT2D eigenvalue weighted by molar-refractivity contribution is 0.0989. The van der Waals surface area contributed by atoms with E-state index >= 15 is 0 Å². The van der Waals surface area contributed by atoms with Crippen molar-refractivity contribution in [1.82, 2.24) is 14.6 Å². The van der Waals surface area contributed by atoms with E-state index in [1.54, 1.807) is 0 Å². The summed E-state index contributed by atoms with van der Waals surface area (Å²) in [5.41, 5.74) is 1.31. The van der Waals surface area contributed by atoms with Gasteiger partial charge in [-0.25, -0.2) is 4.39 Å². The van der Waals surface area contributed by atoms with Crippen molar-refractivity contribution < 1.29 is 9.18 Å². The fraction of sp³-hybridized carbons (Fsp3) is 0.133. The molecular weight excluding hydrogens is 289 g/mol. The van der Waals surface area contributed by atoms with Crippen LogP contribution in [0.2, 0.25) is 0 Å². The van der Waals surface area contributed by atoms with Gasteiger partial charge in [-0.15, -0.1) is 10.2 Å². The number of halogens is 1. The fourth-order valence-electron chi connectivity index (χ4n) is 1.93. The van der Waals surface area contributed by atoms with E-state index in [0.29, 0.717) is 17.7 Å². The highest BCUT2D eigenvalue weighted by Crippen LogP contribution is 2.18. The molecular formula is C15H12FN3OS. The third kappa shape index (κ3) is 3.11. The summed E-state index contributed by atoms with van der Waals surface area (Å²) in [6.07, 6.45) is 2.26. The van der Waals surface area contributed by atoms with E-state index in [-0.39, 0.29) is 11.6 Å². The van der Waals surface area contributed by atoms with Crippen LogP contribution >= 0.6 is 11.8 Å². The van der Waals surface area contributed by atoms with Crippen LogP contribution in [0.25, 0.3) is 5.65 Å². The number of aromatic nitrogens is 3. The Labute approximate surface area is 125 Å². The van der Waals surface area contributed by atoms with Crippen molar-refractivity contribution in [3.8, 4) is 0 Å². The summed E-state index contributed by atoms with van der Waals surface area (Å²) in [5, 5.41) is 8.90. The van der Waals surface area contributed by atoms with Crippen LogP contribution in [0.4, 0.5) is 4.39 Å². The number of rotatable bonds is 5. The van der Waals surface area contributed by atoms with Gasteiger partial charge >= 0.3 is 0 Å². The Morgan fingerprint density at radius 3 is 2.76 bits per heavy atom. The molecule has 3 aromatic rings. The van der Waals surface area contributed by atoms with E-state index in [1.165, 1.54) is 36.0 Å². The number of carbonyl (C=O) groups excluding carboxylic acids is 1. The van der Waals surface area contributed by atoms with Gasteiger partial charge in [-0.2, -0.15) is 0 Å². The first-order valence-electron chi connectivity index (χ1n) is 6.45. The smallest absolute Gasteiger partial charge is 0.195 e. The molecule has 0 aliphatic heterocycles. The average Bonchev–Trinajstić information content (AvgIpc) is 2.91. The number of nitrogens with zero attached hydrogens (tertiary/aromatic N) is 3. The molecule has 3 rings (SSSR count). The Balaban J connectivity index is 1.61. The van der Waals surface area contributed by atoms with Crippen LogP contribution in [-0.4, -0.2) is 26.1 Å². The normalized spacial score (nSPS) is 10.9. The summed E-state index contributed by atoms with van der Waals surface area (Å²) in [7, 11) is 0. The summed E-state index contributed by atoms with van der Waals surface area (Å²) >= 11 is 1.48. The van der Waals surface area contributed by atoms with E-state index in [2.05, 4.69) is 10.2 Å². The van der Waals surface area contributed by atoms with Gasteiger partial charge in [0.1, 0.15) is 5.82 Å². The molecule has 0 spiro atoms. The van der Waals surface area contributed by atoms with Crippen LogP contribution in [0.3, 0.4) is 0 Å². The van der Waals surface area contributed by atoms with Crippen LogP contribution < -0.4 is 0 Å². The van der Waals surface area contributed by atoms with Crippen LogP contribution in [0, 0.1) is 5.82 Å². The van der Waals surface area contributed by atoms with Crippen molar-refractivity contribution >= 4 is 23.2 Å². The quantitative estimate of drug-likeness (QED) is 0.536. The van der Waals surface area contributed by atoms with Crippen molar-refractivity contribution in [1.29, 1.82) is 0 Å². The Morgan fingerprint density at radius 2 is 1.95 bits per heavy atom. The molecule has 0 amide bonds. The molecule has 0 saturated heterocycles. The number of hydrogen-bond acceptors (Lipinski definition) is 4. The Kier molecular flexibility index (Phi) is 3.96. The first-order chi connectivity index (χ1) is 10.2. The molecule has 4 nitrogen and oxygen atoms in total. The van der Waals surface area contributed by atoms with E-state index < -0.39 is 0 Å². The fourth-order valence-corrected chi connectivity index (χ4v) is 2.80. The molecule has 0 unspecified atom stereocenters. The largest absolute Gasteiger partial charge is 0.294 e. The topological polar surface area (TPSA) is 47.3 Å². The van der Waals surface area contributed by atoms with Crippen LogP contribution in [0.1, 0.15) is 16.8 Å². The third-order valence-electron chi connectivity index (χ3n) is 3.01. The Bertz CT molecular complexity index is 770. The predicted molar refractivity (Wildman–Crippen MR) is 79.1 cm³/mol. The van der Waals surface area contributed by atoms with Gasteiger partial charge in [0.15, 0.2) is 16.6 Å². The molecule has 2 heterocycles. The molecule has 0 radical (unpaired) electrons. The molecule has 0 aliphatic rings. The monoisotopic (exact) mass is 301 g/mol. The second kappa shape index (κ2) is 6.05. The van der Waals surface area contributed by atoms with Gasteiger partial charge < -0.3 is 0 Å². The number of thioether (sulfide) groups is 1. The molecule has 106 valence electrons. The zero-order valence-corrected chi connectivity index (χ0v) is 11.9. The molecule has 0 N–H and O–H groups in total. The average molecular weight is 301 g/mol. The number of Topliss-reactive ketones (excluding diaryl/α,β-unsaturated/α-hetero) is 1. The molecule has 2 aromatic heterocycles. The predicted octanol–water partition coefficient (Wildman–Crippen LogP) is 3.23. The highest BCUT2D eigenvalue weighted by Gasteiger charge is 2.09. The summed E-state index contributed by atoms with van der Waals surface area (Å²) in [6.45, 7) is 0. The van der Waals surface area contributed by atoms with Crippen molar-refractivity contribution in [2.24, 2.45) is 0 Å². The van der Waals surface area contributed by atoms with Gasteiger partial charge in [-0.3, -0.25) is 9.20 Å². The third-order valence-corrected chi connectivity index (χ3v) is 3.95. The van der Waals surface area contributed by atoms with Crippen molar-refractivity contribution in [2.45, 2.75) is 11.6 Å². The Morgan fingerprint density at radius 1 is 1.14 bits per heavy atom. The minimum Gasteiger partial charge on any atom is -0.294 e. The minimum absolute atomic E-state index is 0.00341. The lowest BCUT2D eigenvalue weighted by atomic mass is 10.1. The molecule has 0 bridgehead atoms. The lowest BCUT2D eigenvalue weighted by Crippen LogP contribution is -2.01. The zero-order chi connectivity index (χ0) is 14.7. The second-order valence-electron chi connectivity index (χ2n) is 4.44. The van der Waals surface area contributed by atoms with Gasteiger partial charge in [-0.1, -0.05) is 17.8 Å². The number of hydrogen-bond donors (Lipinski definition) is 0. The summed E-state index contributed by atoms with van der Waals surface area (Å²) in [4.78, 5) is 12.0. The lowest BCUT2D eigenvalue weighted by Gasteiger charge is -2.01. The molecule has 0 fully saturated rings. The van der Waals surface area contributed by atoms with Crippen LogP contribution in [0.15, 0.2) is 53.8 Å². The van der Waals surface area contributed by atoms with Crippen molar-refractivity contribution in [2.75, 3.05) is 5.75 Å². The summed E-state index contributed by atoms with van der Waals surface area (Å²) < 4.78 is 14.7. The number of carbonyl (C=O) groups is 1. The molecule has 21 heavy (non-hydrogen) atoms. The highest BCUT2D eigenvalue weighted by molar-refractivity contribution is 7.99. The van der Waals surface area contributed by atoms with Gasteiger partial charge in [0.25, 0.3) is 0 Å². The van der Waals surface area contributed by atoms with Crippen LogP contribution in [0.5, 0.6) is 0 Å². The van der Waals surface area contributed by atoms with E-state index in [9.17, 15) is 9.18 Å². The number of pyridine rings is 1. The maximum absolute atomic E-state index is 12.8. The van der Waals surface area contributed by atoms with E-state index in [1.807, 2.05) is 28.8 Å². The molecule has 0 saturated carbocycles. The van der Waals surface area contributed by atoms with E-state index in [4.69, 9.17) is 0 Å². The second-order valence-corrected chi connectivity index (χ2v) is 5.50. The maximum Gasteiger partial charge on any atom is 0.195 e. The first-order valence-corrected chi connectivity index (χ1v) is 7.44. The molecule has 1 aromatic carbocycles. The maximum atomic E-state index is 12.8.